The fourth-order valence-electron chi connectivity index (χ4n) is 3.61. The summed E-state index contributed by atoms with van der Waals surface area (Å²) >= 11 is 1.23. The fraction of sp³-hybridized carbons (Fsp3) is 0.154. The molecule has 0 aromatic heterocycles. The van der Waals surface area contributed by atoms with Crippen LogP contribution in [0, 0.1) is 20.2 Å². The van der Waals surface area contributed by atoms with Gasteiger partial charge in [0.2, 0.25) is 5.75 Å². The lowest BCUT2D eigenvalue weighted by molar-refractivity contribution is -0.394. The minimum atomic E-state index is -0.763. The fourth-order valence-corrected chi connectivity index (χ4v) is 4.68. The zero-order chi connectivity index (χ0) is 28.1. The number of rotatable bonds is 9. The van der Waals surface area contributed by atoms with E-state index in [2.05, 4.69) is 4.99 Å². The Balaban J connectivity index is 1.61. The highest BCUT2D eigenvalue weighted by Crippen LogP contribution is 2.40. The van der Waals surface area contributed by atoms with Crippen LogP contribution in [0.1, 0.15) is 12.5 Å². The predicted molar refractivity (Wildman–Crippen MR) is 146 cm³/mol. The van der Waals surface area contributed by atoms with Gasteiger partial charge in [0.15, 0.2) is 16.7 Å². The second-order valence-electron chi connectivity index (χ2n) is 7.93. The average Bonchev–Trinajstić information content (AvgIpc) is 3.22. The highest BCUT2D eigenvalue weighted by atomic mass is 32.2. The molecule has 0 N–H and O–H groups in total. The number of non-ortho nitro benzene ring substituents is 1. The quantitative estimate of drug-likeness (QED) is 0.179. The number of ether oxygens (including phenoxy) is 3. The molecule has 0 atom stereocenters. The second kappa shape index (κ2) is 11.6. The maximum Gasteiger partial charge on any atom is 0.318 e. The van der Waals surface area contributed by atoms with Crippen molar-refractivity contribution in [2.24, 2.45) is 4.99 Å². The summed E-state index contributed by atoms with van der Waals surface area (Å²) in [5, 5.41) is 23.0. The molecule has 4 rings (SSSR count). The maximum atomic E-state index is 13.0. The Hall–Kier alpha value is -4.91. The van der Waals surface area contributed by atoms with E-state index in [9.17, 15) is 25.0 Å². The van der Waals surface area contributed by atoms with E-state index >= 15 is 0 Å². The number of nitrogens with zero attached hydrogens (tertiary/aromatic N) is 4. The van der Waals surface area contributed by atoms with E-state index < -0.39 is 21.2 Å². The number of hydrogen-bond donors (Lipinski definition) is 0. The average molecular weight is 551 g/mol. The van der Waals surface area contributed by atoms with Crippen LogP contribution in [0.5, 0.6) is 23.0 Å². The first-order valence-corrected chi connectivity index (χ1v) is 12.3. The standard InChI is InChI=1S/C26H22N4O8S/c1-4-28-25(31)24(39-26(28)27-17-6-9-19(36-2)10-7-17)14-16-5-11-22(23(13-16)37-3)38-21-12-8-18(29(32)33)15-20(21)30(34)35/h5-15H,4H2,1-3H3/b24-14+,27-26?. The third-order valence-corrected chi connectivity index (χ3v) is 6.56. The number of carbonyl (C=O) groups is 1. The minimum Gasteiger partial charge on any atom is -0.497 e. The summed E-state index contributed by atoms with van der Waals surface area (Å²) in [5.74, 6) is 0.711. The van der Waals surface area contributed by atoms with Crippen molar-refractivity contribution in [2.45, 2.75) is 6.92 Å². The lowest BCUT2D eigenvalue weighted by Crippen LogP contribution is -2.28. The van der Waals surface area contributed by atoms with E-state index in [4.69, 9.17) is 14.2 Å². The largest absolute Gasteiger partial charge is 0.497 e. The first-order valence-electron chi connectivity index (χ1n) is 11.5. The number of aliphatic imine (C=N–C) groups is 1. The van der Waals surface area contributed by atoms with Crippen molar-refractivity contribution in [3.8, 4) is 23.0 Å². The van der Waals surface area contributed by atoms with Crippen LogP contribution in [0.4, 0.5) is 17.1 Å². The first-order chi connectivity index (χ1) is 18.7. The molecule has 0 spiro atoms. The van der Waals surface area contributed by atoms with Gasteiger partial charge in [0, 0.05) is 12.6 Å². The van der Waals surface area contributed by atoms with Crippen LogP contribution in [0.2, 0.25) is 0 Å². The second-order valence-corrected chi connectivity index (χ2v) is 8.94. The monoisotopic (exact) mass is 550 g/mol. The summed E-state index contributed by atoms with van der Waals surface area (Å²) in [7, 11) is 2.98. The number of amides is 1. The van der Waals surface area contributed by atoms with Gasteiger partial charge < -0.3 is 14.2 Å². The summed E-state index contributed by atoms with van der Waals surface area (Å²) in [4.78, 5) is 40.6. The zero-order valence-electron chi connectivity index (χ0n) is 21.0. The molecule has 12 nitrogen and oxygen atoms in total. The van der Waals surface area contributed by atoms with Crippen LogP contribution in [0.3, 0.4) is 0 Å². The number of benzene rings is 3. The Labute approximate surface area is 226 Å². The summed E-state index contributed by atoms with van der Waals surface area (Å²) in [5.41, 5.74) is 0.302. The maximum absolute atomic E-state index is 13.0. The number of nitro groups is 2. The van der Waals surface area contributed by atoms with E-state index in [1.807, 2.05) is 6.92 Å². The normalized spacial score (nSPS) is 15.1. The Bertz CT molecular complexity index is 1500. The number of hydrogen-bond acceptors (Lipinski definition) is 10. The smallest absolute Gasteiger partial charge is 0.318 e. The zero-order valence-corrected chi connectivity index (χ0v) is 21.8. The van der Waals surface area contributed by atoms with E-state index in [1.54, 1.807) is 54.5 Å². The third-order valence-electron chi connectivity index (χ3n) is 5.56. The van der Waals surface area contributed by atoms with Crippen LogP contribution in [0.15, 0.2) is 70.6 Å². The van der Waals surface area contributed by atoms with E-state index in [-0.39, 0.29) is 23.2 Å². The summed E-state index contributed by atoms with van der Waals surface area (Å²) < 4.78 is 16.3. The van der Waals surface area contributed by atoms with E-state index in [1.165, 1.54) is 24.9 Å². The first kappa shape index (κ1) is 27.1. The van der Waals surface area contributed by atoms with Gasteiger partial charge in [0.05, 0.1) is 40.7 Å². The number of methoxy groups -OCH3 is 2. The molecule has 200 valence electrons. The highest BCUT2D eigenvalue weighted by molar-refractivity contribution is 8.18. The minimum absolute atomic E-state index is 0.152. The van der Waals surface area contributed by atoms with Crippen molar-refractivity contribution in [3.63, 3.8) is 0 Å². The van der Waals surface area contributed by atoms with Crippen molar-refractivity contribution < 1.29 is 28.9 Å². The predicted octanol–water partition coefficient (Wildman–Crippen LogP) is 5.94. The molecule has 0 saturated carbocycles. The number of amidine groups is 1. The molecule has 1 aliphatic heterocycles. The Morgan fingerprint density at radius 1 is 0.923 bits per heavy atom. The molecule has 3 aromatic rings. The van der Waals surface area contributed by atoms with E-state index in [0.29, 0.717) is 33.6 Å². The summed E-state index contributed by atoms with van der Waals surface area (Å²) in [6, 6.07) is 15.1. The SMILES string of the molecule is CCN1C(=O)/C(=C\c2ccc(Oc3ccc([N+](=O)[O-])cc3[N+](=O)[O-])c(OC)c2)SC1=Nc1ccc(OC)cc1. The molecule has 39 heavy (non-hydrogen) atoms. The molecule has 0 radical (unpaired) electrons. The summed E-state index contributed by atoms with van der Waals surface area (Å²) in [6.07, 6.45) is 1.69. The molecule has 13 heteroatoms. The Morgan fingerprint density at radius 3 is 2.26 bits per heavy atom. The van der Waals surface area contributed by atoms with E-state index in [0.717, 1.165) is 18.2 Å². The topological polar surface area (TPSA) is 147 Å². The summed E-state index contributed by atoms with van der Waals surface area (Å²) in [6.45, 7) is 2.29. The Morgan fingerprint density at radius 2 is 1.64 bits per heavy atom. The molecule has 1 saturated heterocycles. The van der Waals surface area contributed by atoms with Crippen molar-refractivity contribution in [1.29, 1.82) is 0 Å². The van der Waals surface area contributed by atoms with Crippen LogP contribution in [-0.4, -0.2) is 46.6 Å². The van der Waals surface area contributed by atoms with Gasteiger partial charge in [-0.25, -0.2) is 4.99 Å². The number of likely N-dealkylation sites (N-methyl/N-ethyl adjacent to an activating group) is 1. The molecule has 0 bridgehead atoms. The van der Waals surface area contributed by atoms with Crippen molar-refractivity contribution >= 4 is 46.0 Å². The number of nitro benzene ring substituents is 2. The van der Waals surface area contributed by atoms with Gasteiger partial charge in [-0.15, -0.1) is 0 Å². The van der Waals surface area contributed by atoms with Gasteiger partial charge in [0.25, 0.3) is 11.6 Å². The van der Waals surface area contributed by atoms with Gasteiger partial charge in [-0.05, 0) is 72.8 Å². The highest BCUT2D eigenvalue weighted by Gasteiger charge is 2.32. The third kappa shape index (κ3) is 5.99. The van der Waals surface area contributed by atoms with Gasteiger partial charge >= 0.3 is 5.69 Å². The van der Waals surface area contributed by atoms with Gasteiger partial charge in [-0.2, -0.15) is 0 Å². The van der Waals surface area contributed by atoms with Gasteiger partial charge in [-0.1, -0.05) is 6.07 Å². The molecule has 1 heterocycles. The molecule has 3 aromatic carbocycles. The molecule has 1 fully saturated rings. The lowest BCUT2D eigenvalue weighted by atomic mass is 10.1. The Kier molecular flexibility index (Phi) is 8.10. The van der Waals surface area contributed by atoms with Crippen LogP contribution in [-0.2, 0) is 4.79 Å². The van der Waals surface area contributed by atoms with Crippen LogP contribution >= 0.6 is 11.8 Å². The molecule has 1 aliphatic rings. The van der Waals surface area contributed by atoms with Gasteiger partial charge in [-0.3, -0.25) is 29.9 Å². The van der Waals surface area contributed by atoms with Crippen LogP contribution < -0.4 is 14.2 Å². The van der Waals surface area contributed by atoms with Crippen molar-refractivity contribution in [2.75, 3.05) is 20.8 Å². The van der Waals surface area contributed by atoms with Gasteiger partial charge in [0.1, 0.15) is 5.75 Å². The molecular weight excluding hydrogens is 528 g/mol. The van der Waals surface area contributed by atoms with Crippen molar-refractivity contribution in [1.82, 2.24) is 4.90 Å². The number of carbonyl (C=O) groups excluding carboxylic acids is 1. The van der Waals surface area contributed by atoms with Crippen molar-refractivity contribution in [3.05, 3.63) is 91.4 Å². The molecule has 1 amide bonds. The molecule has 0 aliphatic carbocycles. The lowest BCUT2D eigenvalue weighted by Gasteiger charge is -2.12. The molecule has 0 unspecified atom stereocenters. The molecular formula is C26H22N4O8S. The van der Waals surface area contributed by atoms with Crippen LogP contribution in [0.25, 0.3) is 6.08 Å². The number of thioether (sulfide) groups is 1.